The summed E-state index contributed by atoms with van der Waals surface area (Å²) in [7, 11) is 0. The van der Waals surface area contributed by atoms with Gasteiger partial charge in [0.15, 0.2) is 11.6 Å². The first kappa shape index (κ1) is 16.8. The van der Waals surface area contributed by atoms with Gasteiger partial charge in [0.05, 0.1) is 6.54 Å². The number of hydrogen-bond donors (Lipinski definition) is 1. The van der Waals surface area contributed by atoms with Crippen LogP contribution in [0.2, 0.25) is 0 Å². The summed E-state index contributed by atoms with van der Waals surface area (Å²) in [6.45, 7) is -2.32. The zero-order chi connectivity index (χ0) is 15.3. The normalized spacial score (nSPS) is 12.2. The maximum absolute atomic E-state index is 13.4. The van der Waals surface area contributed by atoms with Crippen LogP contribution < -0.4 is 0 Å². The number of alkyl halides is 3. The minimum Gasteiger partial charge on any atom is -0.396 e. The number of halogens is 6. The monoisotopic (exact) mass is 301 g/mol. The maximum atomic E-state index is 13.4. The summed E-state index contributed by atoms with van der Waals surface area (Å²) >= 11 is 0. The van der Waals surface area contributed by atoms with Gasteiger partial charge in [-0.15, -0.1) is 0 Å². The molecule has 1 rings (SSSR count). The Morgan fingerprint density at radius 1 is 1.00 bits per heavy atom. The predicted molar refractivity (Wildman–Crippen MR) is 59.4 cm³/mol. The quantitative estimate of drug-likeness (QED) is 0.645. The van der Waals surface area contributed by atoms with Crippen molar-refractivity contribution in [2.75, 3.05) is 19.7 Å². The minimum absolute atomic E-state index is 0.0569. The molecule has 1 aromatic carbocycles. The van der Waals surface area contributed by atoms with Gasteiger partial charge in [-0.1, -0.05) is 0 Å². The van der Waals surface area contributed by atoms with Crippen LogP contribution in [0.25, 0.3) is 0 Å². The fourth-order valence-electron chi connectivity index (χ4n) is 1.69. The van der Waals surface area contributed by atoms with Gasteiger partial charge in [-0.25, -0.2) is 13.2 Å². The molecule has 0 spiro atoms. The SMILES string of the molecule is OCCCN(Cc1cc(F)c(F)cc1F)CC(F)(F)F. The molecule has 0 aliphatic heterocycles. The topological polar surface area (TPSA) is 23.5 Å². The standard InChI is InChI=1S/C12H13F6NO/c13-9-5-11(15)10(14)4-8(9)6-19(2-1-3-20)7-12(16,17)18/h4-5,20H,1-3,6-7H2. The van der Waals surface area contributed by atoms with E-state index in [4.69, 9.17) is 5.11 Å². The number of aliphatic hydroxyl groups excluding tert-OH is 1. The van der Waals surface area contributed by atoms with Crippen molar-refractivity contribution < 1.29 is 31.4 Å². The second-order valence-electron chi connectivity index (χ2n) is 4.26. The molecule has 1 N–H and O–H groups in total. The van der Waals surface area contributed by atoms with Gasteiger partial charge in [0.1, 0.15) is 5.82 Å². The molecule has 0 aromatic heterocycles. The molecule has 2 nitrogen and oxygen atoms in total. The first-order chi connectivity index (χ1) is 9.23. The van der Waals surface area contributed by atoms with Crippen LogP contribution in [0.3, 0.4) is 0 Å². The second-order valence-corrected chi connectivity index (χ2v) is 4.26. The molecule has 0 radical (unpaired) electrons. The van der Waals surface area contributed by atoms with Crippen LogP contribution in [-0.2, 0) is 6.54 Å². The molecule has 0 aliphatic rings. The van der Waals surface area contributed by atoms with Crippen LogP contribution in [0.5, 0.6) is 0 Å². The van der Waals surface area contributed by atoms with E-state index in [0.29, 0.717) is 12.1 Å². The van der Waals surface area contributed by atoms with Gasteiger partial charge >= 0.3 is 6.18 Å². The molecule has 114 valence electrons. The summed E-state index contributed by atoms with van der Waals surface area (Å²) in [5.74, 6) is -3.83. The Hall–Kier alpha value is -1.28. The molecule has 0 saturated carbocycles. The van der Waals surface area contributed by atoms with Crippen molar-refractivity contribution >= 4 is 0 Å². The number of rotatable bonds is 6. The third-order valence-electron chi connectivity index (χ3n) is 2.52. The first-order valence-electron chi connectivity index (χ1n) is 5.76. The highest BCUT2D eigenvalue weighted by atomic mass is 19.4. The molecule has 0 amide bonds. The third-order valence-corrected chi connectivity index (χ3v) is 2.52. The molecule has 0 bridgehead atoms. The third kappa shape index (κ3) is 5.38. The fourth-order valence-corrected chi connectivity index (χ4v) is 1.69. The molecular formula is C12H13F6NO. The average molecular weight is 301 g/mol. The Labute approximate surface area is 111 Å². The molecule has 8 heteroatoms. The Kier molecular flexibility index (Phi) is 5.82. The molecule has 1 aromatic rings. The van der Waals surface area contributed by atoms with Gasteiger partial charge in [0.2, 0.25) is 0 Å². The number of hydrogen-bond acceptors (Lipinski definition) is 2. The zero-order valence-corrected chi connectivity index (χ0v) is 10.4. The van der Waals surface area contributed by atoms with Crippen LogP contribution in [0.4, 0.5) is 26.3 Å². The zero-order valence-electron chi connectivity index (χ0n) is 10.4. The van der Waals surface area contributed by atoms with Crippen LogP contribution in [-0.4, -0.2) is 35.9 Å². The Bertz CT molecular complexity index is 448. The van der Waals surface area contributed by atoms with E-state index >= 15 is 0 Å². The second kappa shape index (κ2) is 6.94. The van der Waals surface area contributed by atoms with Crippen LogP contribution in [0.1, 0.15) is 12.0 Å². The van der Waals surface area contributed by atoms with E-state index in [1.807, 2.05) is 0 Å². The fraction of sp³-hybridized carbons (Fsp3) is 0.500. The molecule has 0 heterocycles. The molecular weight excluding hydrogens is 288 g/mol. The summed E-state index contributed by atoms with van der Waals surface area (Å²) in [6, 6.07) is 0.829. The van der Waals surface area contributed by atoms with Crippen molar-refractivity contribution in [3.05, 3.63) is 35.1 Å². The molecule has 20 heavy (non-hydrogen) atoms. The van der Waals surface area contributed by atoms with Crippen molar-refractivity contribution in [3.8, 4) is 0 Å². The molecule has 0 aliphatic carbocycles. The van der Waals surface area contributed by atoms with Crippen LogP contribution >= 0.6 is 0 Å². The molecule has 0 fully saturated rings. The van der Waals surface area contributed by atoms with E-state index in [1.165, 1.54) is 0 Å². The Balaban J connectivity index is 2.85. The highest BCUT2D eigenvalue weighted by molar-refractivity contribution is 5.20. The van der Waals surface area contributed by atoms with Gasteiger partial charge < -0.3 is 5.11 Å². The van der Waals surface area contributed by atoms with E-state index in [0.717, 1.165) is 4.90 Å². The molecule has 0 atom stereocenters. The predicted octanol–water partition coefficient (Wildman–Crippen LogP) is 2.85. The lowest BCUT2D eigenvalue weighted by Gasteiger charge is -2.23. The summed E-state index contributed by atoms with van der Waals surface area (Å²) in [5.41, 5.74) is -0.369. The van der Waals surface area contributed by atoms with Crippen LogP contribution in [0, 0.1) is 17.5 Å². The summed E-state index contributed by atoms with van der Waals surface area (Å²) < 4.78 is 76.1. The van der Waals surface area contributed by atoms with Gasteiger partial charge in [-0.05, 0) is 12.5 Å². The van der Waals surface area contributed by atoms with Gasteiger partial charge in [0.25, 0.3) is 0 Å². The summed E-state index contributed by atoms with van der Waals surface area (Å²) in [6.07, 6.45) is -4.45. The molecule has 0 unspecified atom stereocenters. The first-order valence-corrected chi connectivity index (χ1v) is 5.76. The van der Waals surface area contributed by atoms with Crippen molar-refractivity contribution in [1.29, 1.82) is 0 Å². The summed E-state index contributed by atoms with van der Waals surface area (Å²) in [5, 5.41) is 8.62. The van der Waals surface area contributed by atoms with E-state index in [2.05, 4.69) is 0 Å². The van der Waals surface area contributed by atoms with E-state index in [9.17, 15) is 26.3 Å². The van der Waals surface area contributed by atoms with Crippen molar-refractivity contribution in [2.24, 2.45) is 0 Å². The van der Waals surface area contributed by atoms with Gasteiger partial charge in [0, 0.05) is 31.3 Å². The van der Waals surface area contributed by atoms with E-state index < -0.39 is 36.7 Å². The highest BCUT2D eigenvalue weighted by Gasteiger charge is 2.30. The summed E-state index contributed by atoms with van der Waals surface area (Å²) in [4.78, 5) is 0.811. The van der Waals surface area contributed by atoms with Crippen molar-refractivity contribution in [3.63, 3.8) is 0 Å². The van der Waals surface area contributed by atoms with Gasteiger partial charge in [-0.2, -0.15) is 13.2 Å². The van der Waals surface area contributed by atoms with Gasteiger partial charge in [-0.3, -0.25) is 4.90 Å². The van der Waals surface area contributed by atoms with Crippen LogP contribution in [0.15, 0.2) is 12.1 Å². The smallest absolute Gasteiger partial charge is 0.396 e. The highest BCUT2D eigenvalue weighted by Crippen LogP contribution is 2.20. The van der Waals surface area contributed by atoms with Crippen molar-refractivity contribution in [1.82, 2.24) is 4.90 Å². The van der Waals surface area contributed by atoms with Crippen molar-refractivity contribution in [2.45, 2.75) is 19.1 Å². The Morgan fingerprint density at radius 3 is 2.15 bits per heavy atom. The number of benzene rings is 1. The lowest BCUT2D eigenvalue weighted by molar-refractivity contribution is -0.147. The Morgan fingerprint density at radius 2 is 1.60 bits per heavy atom. The number of aliphatic hydroxyl groups is 1. The molecule has 0 saturated heterocycles. The average Bonchev–Trinajstić information content (AvgIpc) is 2.31. The van der Waals surface area contributed by atoms with E-state index in [1.54, 1.807) is 0 Å². The largest absolute Gasteiger partial charge is 0.401 e. The maximum Gasteiger partial charge on any atom is 0.401 e. The minimum atomic E-state index is -4.51. The lowest BCUT2D eigenvalue weighted by Crippen LogP contribution is -2.35. The van der Waals surface area contributed by atoms with E-state index in [-0.39, 0.29) is 25.1 Å². The lowest BCUT2D eigenvalue weighted by atomic mass is 10.1. The number of nitrogens with zero attached hydrogens (tertiary/aromatic N) is 1.